The smallest absolute Gasteiger partial charge is 0.253 e. The molecule has 0 bridgehead atoms. The minimum atomic E-state index is 0. The molecule has 0 aliphatic rings. The first-order valence-corrected chi connectivity index (χ1v) is 8.70. The van der Waals surface area contributed by atoms with Crippen molar-refractivity contribution in [3.05, 3.63) is 35.4 Å². The van der Waals surface area contributed by atoms with Gasteiger partial charge in [0.2, 0.25) is 0 Å². The molecule has 1 rings (SSSR count). The van der Waals surface area contributed by atoms with Gasteiger partial charge in [0.1, 0.15) is 0 Å². The summed E-state index contributed by atoms with van der Waals surface area (Å²) in [5.74, 6) is 1.42. The third-order valence-electron chi connectivity index (χ3n) is 3.96. The Morgan fingerprint density at radius 3 is 2.48 bits per heavy atom. The number of guanidine groups is 1. The Bertz CT molecular complexity index is 558. The van der Waals surface area contributed by atoms with E-state index in [1.54, 1.807) is 19.0 Å². The van der Waals surface area contributed by atoms with Crippen molar-refractivity contribution in [3.8, 4) is 0 Å². The minimum Gasteiger partial charge on any atom is -0.357 e. The average molecular weight is 460 g/mol. The van der Waals surface area contributed by atoms with Crippen LogP contribution in [0.3, 0.4) is 0 Å². The van der Waals surface area contributed by atoms with Crippen LogP contribution < -0.4 is 10.6 Å². The Kier molecular flexibility index (Phi) is 11.5. The van der Waals surface area contributed by atoms with Crippen LogP contribution in [0.4, 0.5) is 0 Å². The van der Waals surface area contributed by atoms with Gasteiger partial charge in [0, 0.05) is 38.8 Å². The molecule has 2 N–H and O–H groups in total. The van der Waals surface area contributed by atoms with Gasteiger partial charge in [0.25, 0.3) is 5.91 Å². The zero-order valence-corrected chi connectivity index (χ0v) is 18.6. The molecule has 1 atom stereocenters. The maximum absolute atomic E-state index is 12.0. The van der Waals surface area contributed by atoms with Gasteiger partial charge < -0.3 is 15.5 Å². The molecule has 0 heterocycles. The van der Waals surface area contributed by atoms with Crippen molar-refractivity contribution in [2.45, 2.75) is 40.2 Å². The molecule has 5 nitrogen and oxygen atoms in total. The van der Waals surface area contributed by atoms with Crippen LogP contribution in [0.5, 0.6) is 0 Å². The van der Waals surface area contributed by atoms with E-state index in [2.05, 4.69) is 43.3 Å². The Hall–Kier alpha value is -1.31. The quantitative estimate of drug-likeness (QED) is 0.374. The van der Waals surface area contributed by atoms with Crippen LogP contribution in [-0.4, -0.2) is 50.0 Å². The number of aliphatic imine (C=N–C) groups is 1. The second kappa shape index (κ2) is 12.1. The van der Waals surface area contributed by atoms with E-state index in [0.717, 1.165) is 30.1 Å². The molecule has 25 heavy (non-hydrogen) atoms. The lowest BCUT2D eigenvalue weighted by Crippen LogP contribution is -2.44. The van der Waals surface area contributed by atoms with E-state index in [4.69, 9.17) is 0 Å². The molecule has 0 saturated heterocycles. The molecule has 0 spiro atoms. The second-order valence-corrected chi connectivity index (χ2v) is 6.59. The third kappa shape index (κ3) is 8.56. The normalized spacial score (nSPS) is 12.4. The van der Waals surface area contributed by atoms with E-state index >= 15 is 0 Å². The van der Waals surface area contributed by atoms with Crippen molar-refractivity contribution in [2.75, 3.05) is 27.2 Å². The maximum atomic E-state index is 12.0. The highest BCUT2D eigenvalue weighted by Gasteiger charge is 2.09. The highest BCUT2D eigenvalue weighted by Crippen LogP contribution is 2.08. The summed E-state index contributed by atoms with van der Waals surface area (Å²) in [6.45, 7) is 10.1. The second-order valence-electron chi connectivity index (χ2n) is 6.59. The molecule has 0 aliphatic heterocycles. The van der Waals surface area contributed by atoms with Gasteiger partial charge >= 0.3 is 0 Å². The van der Waals surface area contributed by atoms with Gasteiger partial charge in [0.05, 0.1) is 0 Å². The van der Waals surface area contributed by atoms with Crippen molar-refractivity contribution in [2.24, 2.45) is 10.9 Å². The largest absolute Gasteiger partial charge is 0.357 e. The standard InChI is InChI=1S/C19H32N4O.HI/c1-7-20-19(22-15(4)14(2)3)21-12-11-16-9-8-10-17(13-16)18(24)23(5)6;/h8-10,13-15H,7,11-12H2,1-6H3,(H2,20,21,22);1H. The summed E-state index contributed by atoms with van der Waals surface area (Å²) in [7, 11) is 3.53. The zero-order valence-electron chi connectivity index (χ0n) is 16.3. The number of benzene rings is 1. The predicted octanol–water partition coefficient (Wildman–Crippen LogP) is 3.15. The van der Waals surface area contributed by atoms with Gasteiger partial charge in [-0.15, -0.1) is 24.0 Å². The van der Waals surface area contributed by atoms with Gasteiger partial charge in [0.15, 0.2) is 5.96 Å². The lowest BCUT2D eigenvalue weighted by molar-refractivity contribution is 0.0827. The van der Waals surface area contributed by atoms with Crippen LogP contribution in [0.25, 0.3) is 0 Å². The molecule has 0 aliphatic carbocycles. The molecule has 1 amide bonds. The third-order valence-corrected chi connectivity index (χ3v) is 3.96. The Balaban J connectivity index is 0.00000576. The van der Waals surface area contributed by atoms with E-state index in [1.807, 2.05) is 24.3 Å². The maximum Gasteiger partial charge on any atom is 0.253 e. The Labute approximate surface area is 169 Å². The van der Waals surface area contributed by atoms with Crippen LogP contribution in [0.1, 0.15) is 43.6 Å². The molecule has 0 saturated carbocycles. The fourth-order valence-corrected chi connectivity index (χ4v) is 2.12. The fraction of sp³-hybridized carbons (Fsp3) is 0.579. The van der Waals surface area contributed by atoms with E-state index in [9.17, 15) is 4.79 Å². The monoisotopic (exact) mass is 460 g/mol. The summed E-state index contributed by atoms with van der Waals surface area (Å²) >= 11 is 0. The molecule has 1 unspecified atom stereocenters. The molecule has 6 heteroatoms. The summed E-state index contributed by atoms with van der Waals surface area (Å²) in [5.41, 5.74) is 1.85. The summed E-state index contributed by atoms with van der Waals surface area (Å²) in [6.07, 6.45) is 0.807. The highest BCUT2D eigenvalue weighted by molar-refractivity contribution is 14.0. The number of rotatable bonds is 7. The lowest BCUT2D eigenvalue weighted by atomic mass is 10.1. The van der Waals surface area contributed by atoms with Crippen molar-refractivity contribution in [3.63, 3.8) is 0 Å². The van der Waals surface area contributed by atoms with Crippen LogP contribution in [0, 0.1) is 5.92 Å². The summed E-state index contributed by atoms with van der Waals surface area (Å²) in [4.78, 5) is 18.3. The number of nitrogens with zero attached hydrogens (tertiary/aromatic N) is 2. The number of hydrogen-bond acceptors (Lipinski definition) is 2. The average Bonchev–Trinajstić information content (AvgIpc) is 2.54. The number of nitrogens with one attached hydrogen (secondary N) is 2. The first-order valence-electron chi connectivity index (χ1n) is 8.70. The lowest BCUT2D eigenvalue weighted by Gasteiger charge is -2.20. The molecule has 1 aromatic carbocycles. The van der Waals surface area contributed by atoms with Gasteiger partial charge in [-0.1, -0.05) is 26.0 Å². The topological polar surface area (TPSA) is 56.7 Å². The number of carbonyl (C=O) groups is 1. The van der Waals surface area contributed by atoms with Crippen LogP contribution in [0.15, 0.2) is 29.3 Å². The van der Waals surface area contributed by atoms with Crippen LogP contribution in [0.2, 0.25) is 0 Å². The van der Waals surface area contributed by atoms with Crippen molar-refractivity contribution in [1.82, 2.24) is 15.5 Å². The van der Waals surface area contributed by atoms with Crippen LogP contribution in [-0.2, 0) is 6.42 Å². The molecule has 0 fully saturated rings. The molecular formula is C19H33IN4O. The van der Waals surface area contributed by atoms with E-state index in [0.29, 0.717) is 18.5 Å². The van der Waals surface area contributed by atoms with Crippen molar-refractivity contribution < 1.29 is 4.79 Å². The zero-order chi connectivity index (χ0) is 18.1. The minimum absolute atomic E-state index is 0. The number of hydrogen-bond donors (Lipinski definition) is 2. The van der Waals surface area contributed by atoms with Gasteiger partial charge in [-0.2, -0.15) is 0 Å². The fourth-order valence-electron chi connectivity index (χ4n) is 2.12. The first kappa shape index (κ1) is 23.7. The molecule has 0 aromatic heterocycles. The number of carbonyl (C=O) groups excluding carboxylic acids is 1. The van der Waals surface area contributed by atoms with Gasteiger partial charge in [-0.05, 0) is 43.9 Å². The summed E-state index contributed by atoms with van der Waals surface area (Å²) in [6, 6.07) is 8.14. The van der Waals surface area contributed by atoms with Gasteiger partial charge in [-0.3, -0.25) is 9.79 Å². The molecule has 142 valence electrons. The summed E-state index contributed by atoms with van der Waals surface area (Å²) < 4.78 is 0. The van der Waals surface area contributed by atoms with Gasteiger partial charge in [-0.25, -0.2) is 0 Å². The first-order chi connectivity index (χ1) is 11.3. The predicted molar refractivity (Wildman–Crippen MR) is 117 cm³/mol. The van der Waals surface area contributed by atoms with Crippen LogP contribution >= 0.6 is 24.0 Å². The van der Waals surface area contributed by atoms with E-state index in [-0.39, 0.29) is 29.9 Å². The molecular weight excluding hydrogens is 427 g/mol. The van der Waals surface area contributed by atoms with Crippen molar-refractivity contribution in [1.29, 1.82) is 0 Å². The summed E-state index contributed by atoms with van der Waals surface area (Å²) in [5, 5.41) is 6.70. The molecule has 0 radical (unpaired) electrons. The van der Waals surface area contributed by atoms with E-state index < -0.39 is 0 Å². The van der Waals surface area contributed by atoms with E-state index in [1.165, 1.54) is 0 Å². The highest BCUT2D eigenvalue weighted by atomic mass is 127. The Morgan fingerprint density at radius 2 is 1.92 bits per heavy atom. The number of amides is 1. The Morgan fingerprint density at radius 1 is 1.24 bits per heavy atom. The molecule has 1 aromatic rings. The number of halogens is 1. The van der Waals surface area contributed by atoms with Crippen molar-refractivity contribution >= 4 is 35.8 Å². The SMILES string of the molecule is CCNC(=NCCc1cccc(C(=O)N(C)C)c1)NC(C)C(C)C.I.